The van der Waals surface area contributed by atoms with Gasteiger partial charge in [-0.15, -0.1) is 5.10 Å². The lowest BCUT2D eigenvalue weighted by Crippen LogP contribution is -2.25. The number of halogens is 1. The first-order chi connectivity index (χ1) is 14.3. The Morgan fingerprint density at radius 3 is 2.60 bits per heavy atom. The van der Waals surface area contributed by atoms with Crippen LogP contribution >= 0.6 is 23.4 Å². The van der Waals surface area contributed by atoms with Gasteiger partial charge in [0.05, 0.1) is 0 Å². The van der Waals surface area contributed by atoms with Gasteiger partial charge in [0, 0.05) is 24.4 Å². The molecule has 0 spiro atoms. The molecule has 1 aliphatic heterocycles. The number of hydrogen-bond donors (Lipinski definition) is 1. The maximum absolute atomic E-state index is 12.1. The van der Waals surface area contributed by atoms with Crippen molar-refractivity contribution < 1.29 is 19.1 Å². The summed E-state index contributed by atoms with van der Waals surface area (Å²) in [7, 11) is 0. The molecule has 0 radical (unpaired) electrons. The summed E-state index contributed by atoms with van der Waals surface area (Å²) < 4.78 is 11.7. The van der Waals surface area contributed by atoms with Gasteiger partial charge >= 0.3 is 0 Å². The Labute approximate surface area is 184 Å². The Morgan fingerprint density at radius 2 is 1.90 bits per heavy atom. The summed E-state index contributed by atoms with van der Waals surface area (Å²) in [6.07, 6.45) is 0. The highest BCUT2D eigenvalue weighted by Gasteiger charge is 2.34. The van der Waals surface area contributed by atoms with E-state index < -0.39 is 5.37 Å². The molecule has 2 amide bonds. The third kappa shape index (κ3) is 5.46. The second-order valence-electron chi connectivity index (χ2n) is 6.57. The fourth-order valence-electron chi connectivity index (χ4n) is 2.80. The van der Waals surface area contributed by atoms with E-state index in [-0.39, 0.29) is 11.8 Å². The SMILES string of the molecule is CC(=O)NC1=NN(C(C)=O)[C@@H](c2ccccc2OCCOc2ccc(Cl)c(C)c2)S1. The van der Waals surface area contributed by atoms with E-state index in [1.807, 2.05) is 43.3 Å². The Morgan fingerprint density at radius 1 is 1.17 bits per heavy atom. The monoisotopic (exact) mass is 447 g/mol. The molecule has 1 atom stereocenters. The van der Waals surface area contributed by atoms with Crippen LogP contribution in [0.25, 0.3) is 0 Å². The molecule has 2 aromatic rings. The number of hydrogen-bond acceptors (Lipinski definition) is 6. The van der Waals surface area contributed by atoms with Crippen molar-refractivity contribution in [2.45, 2.75) is 26.1 Å². The van der Waals surface area contributed by atoms with E-state index in [1.54, 1.807) is 6.07 Å². The molecule has 1 heterocycles. The molecule has 3 rings (SSSR count). The molecule has 7 nitrogen and oxygen atoms in total. The maximum atomic E-state index is 12.1. The highest BCUT2D eigenvalue weighted by molar-refractivity contribution is 8.14. The smallest absolute Gasteiger partial charge is 0.241 e. The number of ether oxygens (including phenoxy) is 2. The van der Waals surface area contributed by atoms with Crippen molar-refractivity contribution in [3.05, 3.63) is 58.6 Å². The molecule has 1 N–H and O–H groups in total. The van der Waals surface area contributed by atoms with Crippen LogP contribution in [-0.2, 0) is 9.59 Å². The molecule has 0 saturated carbocycles. The number of rotatable bonds is 6. The molecule has 0 unspecified atom stereocenters. The first-order valence-corrected chi connectivity index (χ1v) is 10.5. The van der Waals surface area contributed by atoms with E-state index in [9.17, 15) is 9.59 Å². The largest absolute Gasteiger partial charge is 0.490 e. The van der Waals surface area contributed by atoms with E-state index in [0.29, 0.717) is 29.2 Å². The molecule has 9 heteroatoms. The fourth-order valence-corrected chi connectivity index (χ4v) is 4.08. The third-order valence-electron chi connectivity index (χ3n) is 4.17. The minimum atomic E-state index is -0.430. The number of hydrazone groups is 1. The highest BCUT2D eigenvalue weighted by Crippen LogP contribution is 2.42. The van der Waals surface area contributed by atoms with Gasteiger partial charge in [-0.05, 0) is 36.8 Å². The molecular weight excluding hydrogens is 426 g/mol. The number of nitrogens with zero attached hydrogens (tertiary/aromatic N) is 2. The Hall–Kier alpha value is -2.71. The minimum Gasteiger partial charge on any atom is -0.490 e. The van der Waals surface area contributed by atoms with Crippen LogP contribution in [0.2, 0.25) is 5.02 Å². The fraction of sp³-hybridized carbons (Fsp3) is 0.286. The summed E-state index contributed by atoms with van der Waals surface area (Å²) in [6, 6.07) is 12.9. The van der Waals surface area contributed by atoms with Gasteiger partial charge in [-0.25, -0.2) is 5.01 Å². The molecule has 30 heavy (non-hydrogen) atoms. The number of thioether (sulfide) groups is 1. The number of para-hydroxylation sites is 1. The summed E-state index contributed by atoms with van der Waals surface area (Å²) in [5.74, 6) is 0.862. The summed E-state index contributed by atoms with van der Waals surface area (Å²) in [4.78, 5) is 23.4. The predicted molar refractivity (Wildman–Crippen MR) is 118 cm³/mol. The lowest BCUT2D eigenvalue weighted by atomic mass is 10.2. The second-order valence-corrected chi connectivity index (χ2v) is 8.04. The van der Waals surface area contributed by atoms with Gasteiger partial charge in [0.15, 0.2) is 5.17 Å². The molecule has 0 bridgehead atoms. The number of nitrogens with one attached hydrogen (secondary N) is 1. The number of amidine groups is 1. The van der Waals surface area contributed by atoms with E-state index in [2.05, 4.69) is 10.4 Å². The van der Waals surface area contributed by atoms with Crippen molar-refractivity contribution >= 4 is 40.3 Å². The van der Waals surface area contributed by atoms with Crippen molar-refractivity contribution in [3.63, 3.8) is 0 Å². The van der Waals surface area contributed by atoms with Gasteiger partial charge in [-0.3, -0.25) is 9.59 Å². The lowest BCUT2D eigenvalue weighted by Gasteiger charge is -2.21. The van der Waals surface area contributed by atoms with Crippen LogP contribution in [0.3, 0.4) is 0 Å². The zero-order valence-electron chi connectivity index (χ0n) is 16.8. The summed E-state index contributed by atoms with van der Waals surface area (Å²) >= 11 is 7.31. The number of carbonyl (C=O) groups is 2. The van der Waals surface area contributed by atoms with Crippen molar-refractivity contribution in [1.29, 1.82) is 0 Å². The molecule has 2 aromatic carbocycles. The molecular formula is C21H22ClN3O4S. The standard InChI is InChI=1S/C21H22ClN3O4S/c1-13-12-16(8-9-18(13)22)28-10-11-29-19-7-5-4-6-17(19)20-25(15(3)27)24-21(30-20)23-14(2)26/h4-9,12,20H,10-11H2,1-3H3,(H,23,24,26)/t20-/m1/s1. The quantitative estimate of drug-likeness (QED) is 0.674. The summed E-state index contributed by atoms with van der Waals surface area (Å²) in [5, 5.41) is 8.83. The van der Waals surface area contributed by atoms with Crippen LogP contribution in [0, 0.1) is 6.92 Å². The van der Waals surface area contributed by atoms with Gasteiger partial charge in [0.2, 0.25) is 11.8 Å². The van der Waals surface area contributed by atoms with E-state index >= 15 is 0 Å². The van der Waals surface area contributed by atoms with Gasteiger partial charge in [-0.2, -0.15) is 0 Å². The van der Waals surface area contributed by atoms with Gasteiger partial charge in [-0.1, -0.05) is 41.6 Å². The van der Waals surface area contributed by atoms with Crippen LogP contribution in [0.5, 0.6) is 11.5 Å². The predicted octanol–water partition coefficient (Wildman–Crippen LogP) is 4.11. The Balaban J connectivity index is 1.66. The summed E-state index contributed by atoms with van der Waals surface area (Å²) in [6.45, 7) is 5.40. The van der Waals surface area contributed by atoms with Gasteiger partial charge in [0.1, 0.15) is 30.1 Å². The maximum Gasteiger partial charge on any atom is 0.241 e. The molecule has 158 valence electrons. The highest BCUT2D eigenvalue weighted by atomic mass is 35.5. The topological polar surface area (TPSA) is 80.2 Å². The van der Waals surface area contributed by atoms with Crippen molar-refractivity contribution in [1.82, 2.24) is 10.3 Å². The van der Waals surface area contributed by atoms with Gasteiger partial charge in [0.25, 0.3) is 0 Å². The van der Waals surface area contributed by atoms with Crippen LogP contribution in [0.1, 0.15) is 30.3 Å². The molecule has 1 aliphatic rings. The zero-order chi connectivity index (χ0) is 21.7. The van der Waals surface area contributed by atoms with E-state index in [4.69, 9.17) is 21.1 Å². The number of aryl methyl sites for hydroxylation is 1. The first kappa shape index (κ1) is 22.0. The molecule has 0 fully saturated rings. The average molecular weight is 448 g/mol. The third-order valence-corrected chi connectivity index (χ3v) is 5.68. The Kier molecular flexibility index (Phi) is 7.23. The molecule has 0 aromatic heterocycles. The Bertz CT molecular complexity index is 982. The van der Waals surface area contributed by atoms with Crippen LogP contribution in [0.15, 0.2) is 47.6 Å². The summed E-state index contributed by atoms with van der Waals surface area (Å²) in [5.41, 5.74) is 1.72. The van der Waals surface area contributed by atoms with E-state index in [1.165, 1.54) is 30.6 Å². The zero-order valence-corrected chi connectivity index (χ0v) is 18.4. The number of benzene rings is 2. The number of carbonyl (C=O) groups excluding carboxylic acids is 2. The number of amides is 2. The van der Waals surface area contributed by atoms with Crippen LogP contribution in [-0.4, -0.2) is 35.2 Å². The second kappa shape index (κ2) is 9.86. The van der Waals surface area contributed by atoms with Crippen LogP contribution < -0.4 is 14.8 Å². The molecule has 0 aliphatic carbocycles. The molecule has 0 saturated heterocycles. The van der Waals surface area contributed by atoms with Crippen molar-refractivity contribution in [3.8, 4) is 11.5 Å². The van der Waals surface area contributed by atoms with Crippen LogP contribution in [0.4, 0.5) is 0 Å². The first-order valence-electron chi connectivity index (χ1n) is 9.28. The minimum absolute atomic E-state index is 0.232. The average Bonchev–Trinajstić information content (AvgIpc) is 3.11. The van der Waals surface area contributed by atoms with Gasteiger partial charge < -0.3 is 14.8 Å². The normalized spacial score (nSPS) is 15.5. The van der Waals surface area contributed by atoms with E-state index in [0.717, 1.165) is 16.9 Å². The van der Waals surface area contributed by atoms with Crippen molar-refractivity contribution in [2.24, 2.45) is 5.10 Å². The lowest BCUT2D eigenvalue weighted by molar-refractivity contribution is -0.129. The van der Waals surface area contributed by atoms with Crippen molar-refractivity contribution in [2.75, 3.05) is 13.2 Å².